The molecule has 1 aliphatic carbocycles. The molecular weight excluding hydrogens is 354 g/mol. The van der Waals surface area contributed by atoms with E-state index >= 15 is 0 Å². The molecule has 1 aromatic carbocycles. The van der Waals surface area contributed by atoms with Crippen molar-refractivity contribution in [3.8, 4) is 0 Å². The highest BCUT2D eigenvalue weighted by molar-refractivity contribution is 5.74. The largest absolute Gasteiger partial charge is 0.342 e. The number of hydrogen-bond donors (Lipinski definition) is 1. The second-order valence-corrected chi connectivity index (χ2v) is 9.31. The van der Waals surface area contributed by atoms with Crippen LogP contribution in [-0.4, -0.2) is 34.5 Å². The lowest BCUT2D eigenvalue weighted by atomic mass is 9.85. The van der Waals surface area contributed by atoms with Crippen molar-refractivity contribution in [2.24, 2.45) is 0 Å². The van der Waals surface area contributed by atoms with Gasteiger partial charge in [-0.15, -0.1) is 0 Å². The molecule has 29 heavy (non-hydrogen) atoms. The van der Waals surface area contributed by atoms with Gasteiger partial charge in [0.05, 0.1) is 11.0 Å². The average Bonchev–Trinajstić information content (AvgIpc) is 3.19. The predicted octanol–water partition coefficient (Wildman–Crippen LogP) is 7.44. The normalized spacial score (nSPS) is 20.0. The summed E-state index contributed by atoms with van der Waals surface area (Å²) in [7, 11) is 2.35. The highest BCUT2D eigenvalue weighted by Gasteiger charge is 2.26. The van der Waals surface area contributed by atoms with Crippen LogP contribution in [0.25, 0.3) is 11.0 Å². The lowest BCUT2D eigenvalue weighted by Crippen LogP contribution is -2.35. The molecule has 0 aliphatic heterocycles. The van der Waals surface area contributed by atoms with Crippen molar-refractivity contribution in [3.63, 3.8) is 0 Å². The molecule has 162 valence electrons. The molecular formula is C26H43N3. The molecule has 3 rings (SSSR count). The Balaban J connectivity index is 1.26. The molecule has 2 aromatic rings. The Hall–Kier alpha value is -1.35. The van der Waals surface area contributed by atoms with E-state index in [1.54, 1.807) is 0 Å². The average molecular weight is 398 g/mol. The van der Waals surface area contributed by atoms with Gasteiger partial charge in [-0.05, 0) is 57.8 Å². The summed E-state index contributed by atoms with van der Waals surface area (Å²) in [5.41, 5.74) is 2.30. The van der Waals surface area contributed by atoms with Crippen molar-refractivity contribution in [1.82, 2.24) is 14.9 Å². The number of aromatic nitrogens is 2. The summed E-state index contributed by atoms with van der Waals surface area (Å²) in [6.45, 7) is 3.57. The van der Waals surface area contributed by atoms with Crippen LogP contribution in [-0.2, 0) is 0 Å². The number of hydrogen-bond acceptors (Lipinski definition) is 2. The fraction of sp³-hybridized carbons (Fsp3) is 0.731. The number of nitrogens with one attached hydrogen (secondary N) is 1. The highest BCUT2D eigenvalue weighted by atomic mass is 15.1. The number of aromatic amines is 1. The van der Waals surface area contributed by atoms with Crippen LogP contribution >= 0.6 is 0 Å². The topological polar surface area (TPSA) is 31.9 Å². The van der Waals surface area contributed by atoms with Gasteiger partial charge in [0, 0.05) is 12.0 Å². The Morgan fingerprint density at radius 1 is 0.862 bits per heavy atom. The zero-order valence-electron chi connectivity index (χ0n) is 19.0. The fourth-order valence-electron chi connectivity index (χ4n) is 4.99. The molecule has 1 fully saturated rings. The van der Waals surface area contributed by atoms with Gasteiger partial charge in [0.1, 0.15) is 5.82 Å². The van der Waals surface area contributed by atoms with Gasteiger partial charge in [-0.2, -0.15) is 0 Å². The van der Waals surface area contributed by atoms with E-state index in [9.17, 15) is 0 Å². The summed E-state index contributed by atoms with van der Waals surface area (Å²) in [4.78, 5) is 11.0. The van der Waals surface area contributed by atoms with E-state index in [1.807, 2.05) is 0 Å². The van der Waals surface area contributed by atoms with Gasteiger partial charge in [0.15, 0.2) is 0 Å². The SMILES string of the molecule is CCCCCCCCCCCCN(C)C1CCC(c2nc3ccccc3[nH]2)CC1. The zero-order chi connectivity index (χ0) is 20.3. The standard InChI is InChI=1S/C26H43N3/c1-3-4-5-6-7-8-9-10-11-14-21-29(2)23-19-17-22(18-20-23)26-27-24-15-12-13-16-25(24)28-26/h12-13,15-16,22-23H,3-11,14,17-21H2,1-2H3,(H,27,28). The van der Waals surface area contributed by atoms with E-state index in [1.165, 1.54) is 108 Å². The van der Waals surface area contributed by atoms with Crippen LogP contribution in [0.1, 0.15) is 109 Å². The summed E-state index contributed by atoms with van der Waals surface area (Å²) in [5.74, 6) is 1.83. The highest BCUT2D eigenvalue weighted by Crippen LogP contribution is 2.34. The molecule has 3 heteroatoms. The second kappa shape index (κ2) is 12.4. The van der Waals surface area contributed by atoms with Crippen molar-refractivity contribution in [3.05, 3.63) is 30.1 Å². The van der Waals surface area contributed by atoms with Gasteiger partial charge in [0.25, 0.3) is 0 Å². The number of imidazole rings is 1. The maximum atomic E-state index is 4.84. The smallest absolute Gasteiger partial charge is 0.110 e. The number of fused-ring (bicyclic) bond motifs is 1. The van der Waals surface area contributed by atoms with E-state index in [2.05, 4.69) is 48.1 Å². The van der Waals surface area contributed by atoms with Crippen LogP contribution in [0.4, 0.5) is 0 Å². The first-order chi connectivity index (χ1) is 14.3. The van der Waals surface area contributed by atoms with Crippen molar-refractivity contribution >= 4 is 11.0 Å². The minimum absolute atomic E-state index is 0.615. The maximum Gasteiger partial charge on any atom is 0.110 e. The monoisotopic (exact) mass is 397 g/mol. The fourth-order valence-corrected chi connectivity index (χ4v) is 4.99. The van der Waals surface area contributed by atoms with Gasteiger partial charge in [0.2, 0.25) is 0 Å². The quantitative estimate of drug-likeness (QED) is 0.356. The van der Waals surface area contributed by atoms with Crippen LogP contribution in [0.5, 0.6) is 0 Å². The Morgan fingerprint density at radius 3 is 2.14 bits per heavy atom. The second-order valence-electron chi connectivity index (χ2n) is 9.31. The molecule has 0 spiro atoms. The Morgan fingerprint density at radius 2 is 1.48 bits per heavy atom. The van der Waals surface area contributed by atoms with Gasteiger partial charge < -0.3 is 9.88 Å². The molecule has 1 aromatic heterocycles. The first-order valence-electron chi connectivity index (χ1n) is 12.4. The molecule has 1 saturated carbocycles. The third-order valence-corrected chi connectivity index (χ3v) is 6.98. The summed E-state index contributed by atoms with van der Waals surface area (Å²) >= 11 is 0. The summed E-state index contributed by atoms with van der Waals surface area (Å²) in [5, 5.41) is 0. The number of benzene rings is 1. The summed E-state index contributed by atoms with van der Waals surface area (Å²) < 4.78 is 0. The minimum Gasteiger partial charge on any atom is -0.342 e. The third kappa shape index (κ3) is 7.13. The lowest BCUT2D eigenvalue weighted by molar-refractivity contribution is 0.178. The van der Waals surface area contributed by atoms with E-state index in [-0.39, 0.29) is 0 Å². The van der Waals surface area contributed by atoms with Gasteiger partial charge in [-0.25, -0.2) is 4.98 Å². The minimum atomic E-state index is 0.615. The predicted molar refractivity (Wildman–Crippen MR) is 126 cm³/mol. The molecule has 0 unspecified atom stereocenters. The van der Waals surface area contributed by atoms with Crippen molar-refractivity contribution in [2.75, 3.05) is 13.6 Å². The number of rotatable bonds is 13. The van der Waals surface area contributed by atoms with E-state index in [0.717, 1.165) is 11.6 Å². The van der Waals surface area contributed by atoms with E-state index in [4.69, 9.17) is 4.98 Å². The van der Waals surface area contributed by atoms with E-state index < -0.39 is 0 Å². The molecule has 0 amide bonds. The summed E-state index contributed by atoms with van der Waals surface area (Å²) in [6, 6.07) is 9.18. The third-order valence-electron chi connectivity index (χ3n) is 6.98. The Kier molecular flexibility index (Phi) is 9.53. The van der Waals surface area contributed by atoms with E-state index in [0.29, 0.717) is 5.92 Å². The van der Waals surface area contributed by atoms with Crippen LogP contribution in [0, 0.1) is 0 Å². The number of nitrogens with zero attached hydrogens (tertiary/aromatic N) is 2. The van der Waals surface area contributed by atoms with Crippen LogP contribution in [0.15, 0.2) is 24.3 Å². The molecule has 1 aliphatic rings. The number of para-hydroxylation sites is 2. The van der Waals surface area contributed by atoms with Crippen LogP contribution < -0.4 is 0 Å². The molecule has 1 N–H and O–H groups in total. The van der Waals surface area contributed by atoms with Crippen LogP contribution in [0.2, 0.25) is 0 Å². The molecule has 3 nitrogen and oxygen atoms in total. The van der Waals surface area contributed by atoms with Crippen LogP contribution in [0.3, 0.4) is 0 Å². The van der Waals surface area contributed by atoms with Gasteiger partial charge in [-0.1, -0.05) is 76.8 Å². The number of H-pyrrole nitrogens is 1. The first kappa shape index (κ1) is 22.3. The molecule has 0 bridgehead atoms. The Labute approximate surface area is 178 Å². The molecule has 0 radical (unpaired) electrons. The van der Waals surface area contributed by atoms with Crippen molar-refractivity contribution in [1.29, 1.82) is 0 Å². The summed E-state index contributed by atoms with van der Waals surface area (Å²) in [6.07, 6.45) is 19.4. The van der Waals surface area contributed by atoms with Crippen molar-refractivity contribution in [2.45, 2.75) is 109 Å². The number of unbranched alkanes of at least 4 members (excludes halogenated alkanes) is 9. The lowest BCUT2D eigenvalue weighted by Gasteiger charge is -2.34. The Bertz CT molecular complexity index is 651. The van der Waals surface area contributed by atoms with Crippen molar-refractivity contribution < 1.29 is 0 Å². The molecule has 1 heterocycles. The zero-order valence-corrected chi connectivity index (χ0v) is 19.0. The molecule has 0 saturated heterocycles. The maximum absolute atomic E-state index is 4.84. The van der Waals surface area contributed by atoms with Gasteiger partial charge in [-0.3, -0.25) is 0 Å². The first-order valence-corrected chi connectivity index (χ1v) is 12.4. The van der Waals surface area contributed by atoms with Gasteiger partial charge >= 0.3 is 0 Å². The molecule has 0 atom stereocenters.